The molecule has 1 saturated heterocycles. The van der Waals surface area contributed by atoms with E-state index in [9.17, 15) is 14.0 Å². The minimum Gasteiger partial charge on any atom is -0.377 e. The third-order valence-corrected chi connectivity index (χ3v) is 5.54. The van der Waals surface area contributed by atoms with Gasteiger partial charge in [0.2, 0.25) is 0 Å². The third-order valence-electron chi connectivity index (χ3n) is 5.25. The molecule has 30 heavy (non-hydrogen) atoms. The van der Waals surface area contributed by atoms with Crippen molar-refractivity contribution in [1.29, 1.82) is 0 Å². The van der Waals surface area contributed by atoms with Crippen LogP contribution in [-0.4, -0.2) is 51.4 Å². The molecule has 1 fully saturated rings. The van der Waals surface area contributed by atoms with Gasteiger partial charge in [0.05, 0.1) is 48.1 Å². The summed E-state index contributed by atoms with van der Waals surface area (Å²) in [5.74, 6) is -1.25. The van der Waals surface area contributed by atoms with Gasteiger partial charge in [0.1, 0.15) is 11.5 Å². The second-order valence-electron chi connectivity index (χ2n) is 8.59. The number of rotatable bonds is 2. The highest BCUT2D eigenvalue weighted by Crippen LogP contribution is 2.37. The number of ether oxygens (including phenoxy) is 1. The van der Waals surface area contributed by atoms with Crippen molar-refractivity contribution in [2.75, 3.05) is 13.2 Å². The number of halogens is 2. The molecule has 160 valence electrons. The molecule has 0 saturated carbocycles. The fourth-order valence-corrected chi connectivity index (χ4v) is 4.14. The highest BCUT2D eigenvalue weighted by atomic mass is 35.5. The highest BCUT2D eigenvalue weighted by molar-refractivity contribution is 6.31. The summed E-state index contributed by atoms with van der Waals surface area (Å²) in [6.07, 6.45) is 0. The van der Waals surface area contributed by atoms with Crippen LogP contribution in [0.3, 0.4) is 0 Å². The van der Waals surface area contributed by atoms with Crippen molar-refractivity contribution in [1.82, 2.24) is 20.0 Å². The number of benzene rings is 1. The van der Waals surface area contributed by atoms with E-state index in [1.807, 2.05) is 20.8 Å². The van der Waals surface area contributed by atoms with Crippen LogP contribution in [0.4, 0.5) is 9.18 Å². The maximum Gasteiger partial charge on any atom is 0.318 e. The van der Waals surface area contributed by atoms with Gasteiger partial charge >= 0.3 is 6.03 Å². The predicted octanol–water partition coefficient (Wildman–Crippen LogP) is 2.71. The number of fused-ring (bicyclic) bond motifs is 3. The zero-order valence-corrected chi connectivity index (χ0v) is 17.7. The largest absolute Gasteiger partial charge is 0.377 e. The number of nitrogens with zero attached hydrogens (tertiary/aromatic N) is 3. The first-order valence-corrected chi connectivity index (χ1v) is 9.98. The van der Waals surface area contributed by atoms with E-state index in [0.29, 0.717) is 30.2 Å². The number of carbonyl (C=O) groups excluding carboxylic acids is 2. The molecule has 2 aliphatic heterocycles. The molecule has 1 aromatic carbocycles. The van der Waals surface area contributed by atoms with Crippen LogP contribution in [0.2, 0.25) is 5.02 Å². The van der Waals surface area contributed by atoms with Gasteiger partial charge in [-0.3, -0.25) is 9.48 Å². The smallest absolute Gasteiger partial charge is 0.318 e. The Morgan fingerprint density at radius 2 is 2.00 bits per heavy atom. The Hall–Kier alpha value is -2.65. The zero-order valence-electron chi connectivity index (χ0n) is 16.9. The van der Waals surface area contributed by atoms with Gasteiger partial charge < -0.3 is 20.7 Å². The van der Waals surface area contributed by atoms with Crippen molar-refractivity contribution in [3.63, 3.8) is 0 Å². The van der Waals surface area contributed by atoms with Gasteiger partial charge in [-0.1, -0.05) is 11.6 Å². The van der Waals surface area contributed by atoms with E-state index in [1.165, 1.54) is 18.2 Å². The summed E-state index contributed by atoms with van der Waals surface area (Å²) in [5.41, 5.74) is 6.77. The van der Waals surface area contributed by atoms with E-state index >= 15 is 0 Å². The molecule has 2 aliphatic rings. The lowest BCUT2D eigenvalue weighted by atomic mass is 10.0. The van der Waals surface area contributed by atoms with Gasteiger partial charge in [-0.05, 0) is 39.0 Å². The number of primary amides is 1. The fourth-order valence-electron chi connectivity index (χ4n) is 3.96. The summed E-state index contributed by atoms with van der Waals surface area (Å²) in [7, 11) is 0. The SMILES string of the molecule is CC(C)(C)NC(=O)N1Cc2c(C(N)=O)c(-c3ccc(F)c(Cl)c3)nn2[C@H]2COC[C@H]21. The monoisotopic (exact) mass is 435 g/mol. The Morgan fingerprint density at radius 3 is 2.63 bits per heavy atom. The molecule has 0 spiro atoms. The molecule has 2 aromatic rings. The lowest BCUT2D eigenvalue weighted by molar-refractivity contribution is 0.0989. The van der Waals surface area contributed by atoms with Gasteiger partial charge in [-0.15, -0.1) is 0 Å². The first kappa shape index (κ1) is 20.6. The predicted molar refractivity (Wildman–Crippen MR) is 109 cm³/mol. The lowest BCUT2D eigenvalue weighted by Gasteiger charge is -2.38. The van der Waals surface area contributed by atoms with Crippen molar-refractivity contribution in [3.8, 4) is 11.3 Å². The van der Waals surface area contributed by atoms with Gasteiger partial charge in [0, 0.05) is 11.1 Å². The first-order valence-electron chi connectivity index (χ1n) is 9.60. The summed E-state index contributed by atoms with van der Waals surface area (Å²) in [5, 5.41) is 7.50. The van der Waals surface area contributed by atoms with E-state index in [4.69, 9.17) is 22.1 Å². The molecule has 3 heterocycles. The maximum atomic E-state index is 13.6. The molecule has 8 nitrogen and oxygen atoms in total. The minimum absolute atomic E-state index is 0.0813. The summed E-state index contributed by atoms with van der Waals surface area (Å²) >= 11 is 5.93. The Kier molecular flexibility index (Phi) is 4.98. The average Bonchev–Trinajstić information content (AvgIpc) is 3.25. The number of aromatic nitrogens is 2. The Labute approximate surface area is 178 Å². The van der Waals surface area contributed by atoms with Crippen molar-refractivity contribution >= 4 is 23.5 Å². The molecule has 0 bridgehead atoms. The first-order chi connectivity index (χ1) is 14.1. The van der Waals surface area contributed by atoms with Crippen LogP contribution in [-0.2, 0) is 11.3 Å². The van der Waals surface area contributed by atoms with Crippen molar-refractivity contribution in [2.24, 2.45) is 5.73 Å². The molecule has 2 atom stereocenters. The van der Waals surface area contributed by atoms with Crippen LogP contribution < -0.4 is 11.1 Å². The number of carbonyl (C=O) groups is 2. The number of hydrogen-bond acceptors (Lipinski definition) is 4. The molecular formula is C20H23ClFN5O3. The molecule has 0 unspecified atom stereocenters. The summed E-state index contributed by atoms with van der Waals surface area (Å²) in [6, 6.07) is 3.37. The van der Waals surface area contributed by atoms with E-state index < -0.39 is 17.3 Å². The van der Waals surface area contributed by atoms with E-state index in [1.54, 1.807) is 9.58 Å². The van der Waals surface area contributed by atoms with Gasteiger partial charge in [0.25, 0.3) is 5.91 Å². The number of nitrogens with one attached hydrogen (secondary N) is 1. The molecule has 3 N–H and O–H groups in total. The average molecular weight is 436 g/mol. The minimum atomic E-state index is -0.680. The van der Waals surface area contributed by atoms with Crippen LogP contribution in [0, 0.1) is 5.82 Å². The fraction of sp³-hybridized carbons (Fsp3) is 0.450. The second kappa shape index (κ2) is 7.24. The van der Waals surface area contributed by atoms with E-state index in [2.05, 4.69) is 10.4 Å². The summed E-state index contributed by atoms with van der Waals surface area (Å²) in [4.78, 5) is 27.0. The molecule has 4 rings (SSSR count). The van der Waals surface area contributed by atoms with Gasteiger partial charge in [-0.2, -0.15) is 5.10 Å². The Balaban J connectivity index is 1.82. The zero-order chi connectivity index (χ0) is 21.8. The molecule has 0 radical (unpaired) electrons. The summed E-state index contributed by atoms with van der Waals surface area (Å²) < 4.78 is 21.0. The number of hydrogen-bond donors (Lipinski definition) is 2. The van der Waals surface area contributed by atoms with Crippen LogP contribution >= 0.6 is 11.6 Å². The number of urea groups is 1. The van der Waals surface area contributed by atoms with E-state index in [0.717, 1.165) is 0 Å². The molecule has 1 aromatic heterocycles. The maximum absolute atomic E-state index is 13.6. The Morgan fingerprint density at radius 1 is 1.30 bits per heavy atom. The third kappa shape index (κ3) is 3.52. The number of amides is 3. The van der Waals surface area contributed by atoms with Crippen LogP contribution in [0.5, 0.6) is 0 Å². The second-order valence-corrected chi connectivity index (χ2v) is 9.00. The quantitative estimate of drug-likeness (QED) is 0.757. The van der Waals surface area contributed by atoms with Crippen molar-refractivity contribution < 1.29 is 18.7 Å². The van der Waals surface area contributed by atoms with Gasteiger partial charge in [-0.25, -0.2) is 9.18 Å². The normalized spacial score (nSPS) is 20.6. The molecule has 10 heteroatoms. The van der Waals surface area contributed by atoms with Crippen molar-refractivity contribution in [3.05, 3.63) is 40.3 Å². The van der Waals surface area contributed by atoms with Gasteiger partial charge in [0.15, 0.2) is 0 Å². The lowest BCUT2D eigenvalue weighted by Crippen LogP contribution is -2.56. The number of nitrogens with two attached hydrogens (primary N) is 1. The highest BCUT2D eigenvalue weighted by Gasteiger charge is 2.45. The topological polar surface area (TPSA) is 102 Å². The van der Waals surface area contributed by atoms with E-state index in [-0.39, 0.29) is 35.2 Å². The molecular weight excluding hydrogens is 413 g/mol. The van der Waals surface area contributed by atoms with Crippen LogP contribution in [0.1, 0.15) is 42.9 Å². The van der Waals surface area contributed by atoms with Crippen LogP contribution in [0.15, 0.2) is 18.2 Å². The summed E-state index contributed by atoms with van der Waals surface area (Å²) in [6.45, 7) is 6.55. The van der Waals surface area contributed by atoms with Crippen molar-refractivity contribution in [2.45, 2.75) is 44.9 Å². The Bertz CT molecular complexity index is 1030. The standard InChI is InChI=1S/C20H23ClFN5O3/c1-20(2,3)24-19(29)26-7-13-16(18(23)28)17(10-4-5-12(22)11(21)6-10)25-27(13)15-9-30-8-14(15)26/h4-6,14-15H,7-9H2,1-3H3,(H2,23,28)(H,24,29)/t14-,15+/m1/s1. The van der Waals surface area contributed by atoms with Crippen LogP contribution in [0.25, 0.3) is 11.3 Å². The molecule has 0 aliphatic carbocycles. The molecule has 3 amide bonds.